The summed E-state index contributed by atoms with van der Waals surface area (Å²) in [5, 5.41) is 4.13. The van der Waals surface area contributed by atoms with Gasteiger partial charge in [0.15, 0.2) is 0 Å². The van der Waals surface area contributed by atoms with Crippen LogP contribution in [0.2, 0.25) is 10.0 Å². The van der Waals surface area contributed by atoms with Crippen molar-refractivity contribution in [1.29, 1.82) is 0 Å². The van der Waals surface area contributed by atoms with Crippen molar-refractivity contribution in [3.05, 3.63) is 73.1 Å². The molecule has 1 saturated heterocycles. The Morgan fingerprint density at radius 3 is 2.74 bits per heavy atom. The van der Waals surface area contributed by atoms with Gasteiger partial charge in [-0.05, 0) is 53.7 Å². The smallest absolute Gasteiger partial charge is 0.293 e. The van der Waals surface area contributed by atoms with Crippen molar-refractivity contribution in [2.45, 2.75) is 13.1 Å². The van der Waals surface area contributed by atoms with E-state index in [9.17, 15) is 14.4 Å². The number of methoxy groups -OCH3 is 1. The highest BCUT2D eigenvalue weighted by atomic mass is 79.9. The van der Waals surface area contributed by atoms with Crippen LogP contribution in [0, 0.1) is 0 Å². The number of carbonyl (C=O) groups is 3. The van der Waals surface area contributed by atoms with Gasteiger partial charge in [0.1, 0.15) is 6.54 Å². The van der Waals surface area contributed by atoms with Crippen molar-refractivity contribution in [3.8, 4) is 0 Å². The number of ether oxygens (including phenoxy) is 1. The molecule has 4 rings (SSSR count). The van der Waals surface area contributed by atoms with E-state index in [1.54, 1.807) is 37.6 Å². The molecular formula is C24H20BrCl2N3O4S. The third-order valence-corrected chi connectivity index (χ3v) is 7.31. The third kappa shape index (κ3) is 5.92. The van der Waals surface area contributed by atoms with Crippen molar-refractivity contribution in [2.24, 2.45) is 0 Å². The Kier molecular flexibility index (Phi) is 8.23. The van der Waals surface area contributed by atoms with E-state index in [-0.39, 0.29) is 24.2 Å². The molecule has 2 heterocycles. The molecule has 0 unspecified atom stereocenters. The fraction of sp³-hybridized carbons (Fsp3) is 0.208. The van der Waals surface area contributed by atoms with Crippen LogP contribution in [0.5, 0.6) is 0 Å². The molecule has 1 fully saturated rings. The quantitative estimate of drug-likeness (QED) is 0.266. The monoisotopic (exact) mass is 595 g/mol. The summed E-state index contributed by atoms with van der Waals surface area (Å²) in [6.07, 6.45) is 3.49. The lowest BCUT2D eigenvalue weighted by atomic mass is 10.1. The predicted octanol–water partition coefficient (Wildman–Crippen LogP) is 5.71. The van der Waals surface area contributed by atoms with E-state index in [1.807, 2.05) is 22.8 Å². The van der Waals surface area contributed by atoms with Gasteiger partial charge in [0.25, 0.3) is 11.1 Å². The molecule has 35 heavy (non-hydrogen) atoms. The second-order valence-electron chi connectivity index (χ2n) is 7.72. The first kappa shape index (κ1) is 25.8. The van der Waals surface area contributed by atoms with Crippen LogP contribution in [0.25, 0.3) is 17.0 Å². The molecule has 1 aliphatic heterocycles. The molecule has 1 N–H and O–H groups in total. The topological polar surface area (TPSA) is 80.6 Å². The Bertz CT molecular complexity index is 1360. The van der Waals surface area contributed by atoms with Crippen LogP contribution in [0.4, 0.5) is 4.79 Å². The molecule has 0 radical (unpaired) electrons. The van der Waals surface area contributed by atoms with Gasteiger partial charge in [0.05, 0.1) is 18.1 Å². The Morgan fingerprint density at radius 1 is 1.20 bits per heavy atom. The van der Waals surface area contributed by atoms with Crippen molar-refractivity contribution < 1.29 is 19.1 Å². The molecule has 1 aromatic heterocycles. The van der Waals surface area contributed by atoms with Gasteiger partial charge in [-0.15, -0.1) is 0 Å². The minimum atomic E-state index is -0.403. The number of thioether (sulfide) groups is 1. The second kappa shape index (κ2) is 11.2. The van der Waals surface area contributed by atoms with E-state index in [0.29, 0.717) is 33.7 Å². The predicted molar refractivity (Wildman–Crippen MR) is 142 cm³/mol. The maximum Gasteiger partial charge on any atom is 0.293 e. The number of amides is 3. The Labute approximate surface area is 224 Å². The molecule has 0 atom stereocenters. The van der Waals surface area contributed by atoms with E-state index in [0.717, 1.165) is 37.6 Å². The fourth-order valence-corrected chi connectivity index (χ4v) is 5.30. The van der Waals surface area contributed by atoms with Crippen molar-refractivity contribution in [3.63, 3.8) is 0 Å². The van der Waals surface area contributed by atoms with Gasteiger partial charge in [0.2, 0.25) is 5.91 Å². The molecule has 0 aliphatic carbocycles. The van der Waals surface area contributed by atoms with Gasteiger partial charge in [-0.3, -0.25) is 19.3 Å². The SMILES string of the molecule is COCCNC(=O)Cn1cc(/C=C2\SC(=O)N(Cc3ccc(Cl)cc3Cl)C2=O)c2cc(Br)ccc21. The number of hydrogen-bond acceptors (Lipinski definition) is 5. The highest BCUT2D eigenvalue weighted by Crippen LogP contribution is 2.36. The Hall–Kier alpha value is -2.30. The number of halogens is 3. The van der Waals surface area contributed by atoms with Gasteiger partial charge in [0, 0.05) is 50.8 Å². The number of aromatic nitrogens is 1. The number of nitrogens with zero attached hydrogens (tertiary/aromatic N) is 2. The summed E-state index contributed by atoms with van der Waals surface area (Å²) in [5.41, 5.74) is 2.18. The van der Waals surface area contributed by atoms with E-state index in [2.05, 4.69) is 21.2 Å². The molecule has 182 valence electrons. The lowest BCUT2D eigenvalue weighted by Crippen LogP contribution is -2.30. The molecule has 0 spiro atoms. The molecule has 3 amide bonds. The average molecular weight is 597 g/mol. The molecule has 2 aromatic carbocycles. The zero-order valence-corrected chi connectivity index (χ0v) is 22.4. The molecule has 11 heteroatoms. The zero-order chi connectivity index (χ0) is 25.1. The van der Waals surface area contributed by atoms with Crippen LogP contribution in [0.3, 0.4) is 0 Å². The van der Waals surface area contributed by atoms with Crippen LogP contribution in [0.1, 0.15) is 11.1 Å². The average Bonchev–Trinajstić information content (AvgIpc) is 3.26. The molecule has 3 aromatic rings. The van der Waals surface area contributed by atoms with Crippen LogP contribution in [-0.2, 0) is 27.4 Å². The number of hydrogen-bond donors (Lipinski definition) is 1. The van der Waals surface area contributed by atoms with Gasteiger partial charge >= 0.3 is 0 Å². The van der Waals surface area contributed by atoms with E-state index in [4.69, 9.17) is 27.9 Å². The van der Waals surface area contributed by atoms with Gasteiger partial charge in [-0.25, -0.2) is 0 Å². The molecule has 0 bridgehead atoms. The minimum absolute atomic E-state index is 0.0486. The van der Waals surface area contributed by atoms with E-state index in [1.165, 1.54) is 0 Å². The molecule has 7 nitrogen and oxygen atoms in total. The fourth-order valence-electron chi connectivity index (χ4n) is 3.64. The number of imide groups is 1. The van der Waals surface area contributed by atoms with Gasteiger partial charge in [-0.1, -0.05) is 45.2 Å². The lowest BCUT2D eigenvalue weighted by molar-refractivity contribution is -0.123. The van der Waals surface area contributed by atoms with Gasteiger partial charge in [-0.2, -0.15) is 0 Å². The van der Waals surface area contributed by atoms with Crippen LogP contribution < -0.4 is 5.32 Å². The maximum absolute atomic E-state index is 13.1. The van der Waals surface area contributed by atoms with Crippen LogP contribution in [-0.4, -0.2) is 46.8 Å². The highest BCUT2D eigenvalue weighted by Gasteiger charge is 2.35. The van der Waals surface area contributed by atoms with E-state index < -0.39 is 5.91 Å². The second-order valence-corrected chi connectivity index (χ2v) is 10.5. The van der Waals surface area contributed by atoms with Crippen LogP contribution >= 0.6 is 50.9 Å². The van der Waals surface area contributed by atoms with E-state index >= 15 is 0 Å². The normalized spacial score (nSPS) is 15.0. The zero-order valence-electron chi connectivity index (χ0n) is 18.5. The van der Waals surface area contributed by atoms with Crippen LogP contribution in [0.15, 0.2) is 52.0 Å². The first-order chi connectivity index (χ1) is 16.8. The first-order valence-corrected chi connectivity index (χ1v) is 12.9. The molecule has 1 aliphatic rings. The van der Waals surface area contributed by atoms with Gasteiger partial charge < -0.3 is 14.6 Å². The van der Waals surface area contributed by atoms with Crippen molar-refractivity contribution in [1.82, 2.24) is 14.8 Å². The molecule has 0 saturated carbocycles. The lowest BCUT2D eigenvalue weighted by Gasteiger charge is -2.13. The summed E-state index contributed by atoms with van der Waals surface area (Å²) < 4.78 is 7.63. The highest BCUT2D eigenvalue weighted by molar-refractivity contribution is 9.10. The Morgan fingerprint density at radius 2 is 2.00 bits per heavy atom. The minimum Gasteiger partial charge on any atom is -0.383 e. The molecular weight excluding hydrogens is 577 g/mol. The Balaban J connectivity index is 1.61. The number of rotatable bonds is 8. The standard InChI is InChI=1S/C24H20BrCl2N3O4S/c1-34-7-6-28-22(31)13-29-11-15(18-9-16(25)3-5-20(18)29)8-21-23(32)30(24(33)35-21)12-14-2-4-17(26)10-19(14)27/h2-5,8-11H,6-7,12-13H2,1H3,(H,28,31)/b21-8-. The number of carbonyl (C=O) groups excluding carboxylic acids is 3. The number of nitrogens with one attached hydrogen (secondary N) is 1. The first-order valence-electron chi connectivity index (χ1n) is 10.5. The summed E-state index contributed by atoms with van der Waals surface area (Å²) in [7, 11) is 1.57. The summed E-state index contributed by atoms with van der Waals surface area (Å²) >= 11 is 16.5. The largest absolute Gasteiger partial charge is 0.383 e. The maximum atomic E-state index is 13.1. The summed E-state index contributed by atoms with van der Waals surface area (Å²) in [4.78, 5) is 39.6. The van der Waals surface area contributed by atoms with Crippen molar-refractivity contribution in [2.75, 3.05) is 20.3 Å². The number of fused-ring (bicyclic) bond motifs is 1. The number of benzene rings is 2. The van der Waals surface area contributed by atoms with Crippen molar-refractivity contribution >= 4 is 84.9 Å². The summed E-state index contributed by atoms with van der Waals surface area (Å²) in [5.74, 6) is -0.562. The summed E-state index contributed by atoms with van der Waals surface area (Å²) in [6.45, 7) is 0.991. The third-order valence-electron chi connectivity index (χ3n) is 5.32. The summed E-state index contributed by atoms with van der Waals surface area (Å²) in [6, 6.07) is 10.6.